The first-order valence-corrected chi connectivity index (χ1v) is 8.05. The van der Waals surface area contributed by atoms with Crippen molar-refractivity contribution in [3.63, 3.8) is 0 Å². The highest BCUT2D eigenvalue weighted by atomic mass is 16.5. The van der Waals surface area contributed by atoms with Crippen molar-refractivity contribution < 1.29 is 18.7 Å². The number of amides is 1. The molecule has 1 N–H and O–H groups in total. The molecule has 0 saturated heterocycles. The minimum atomic E-state index is -0.236. The molecule has 5 heteroatoms. The minimum Gasteiger partial charge on any atom is -0.497 e. The summed E-state index contributed by atoms with van der Waals surface area (Å²) < 4.78 is 16.2. The highest BCUT2D eigenvalue weighted by molar-refractivity contribution is 5.99. The number of ether oxygens (including phenoxy) is 2. The van der Waals surface area contributed by atoms with Crippen LogP contribution in [0.1, 0.15) is 27.2 Å². The molecule has 1 amide bonds. The summed E-state index contributed by atoms with van der Waals surface area (Å²) in [6.45, 7) is 2.80. The SMILES string of the molecule is COCc1ccccc1CNC(=O)c1oc2ccc(OC)cc2c1C. The van der Waals surface area contributed by atoms with Gasteiger partial charge in [-0.25, -0.2) is 0 Å². The van der Waals surface area contributed by atoms with Crippen LogP contribution in [0.4, 0.5) is 0 Å². The van der Waals surface area contributed by atoms with Crippen LogP contribution in [0, 0.1) is 6.92 Å². The van der Waals surface area contributed by atoms with E-state index in [1.165, 1.54) is 0 Å². The lowest BCUT2D eigenvalue weighted by Gasteiger charge is -2.09. The molecule has 0 bridgehead atoms. The van der Waals surface area contributed by atoms with Crippen LogP contribution in [-0.2, 0) is 17.9 Å². The number of aryl methyl sites for hydroxylation is 1. The monoisotopic (exact) mass is 339 g/mol. The van der Waals surface area contributed by atoms with Crippen LogP contribution in [0.5, 0.6) is 5.75 Å². The van der Waals surface area contributed by atoms with Crippen molar-refractivity contribution in [3.8, 4) is 5.75 Å². The summed E-state index contributed by atoms with van der Waals surface area (Å²) in [7, 11) is 3.27. The van der Waals surface area contributed by atoms with Gasteiger partial charge in [-0.2, -0.15) is 0 Å². The molecule has 0 saturated carbocycles. The van der Waals surface area contributed by atoms with Crippen molar-refractivity contribution >= 4 is 16.9 Å². The van der Waals surface area contributed by atoms with Gasteiger partial charge in [-0.3, -0.25) is 4.79 Å². The fourth-order valence-electron chi connectivity index (χ4n) is 2.83. The molecule has 0 aliphatic heterocycles. The molecule has 25 heavy (non-hydrogen) atoms. The van der Waals surface area contributed by atoms with E-state index in [-0.39, 0.29) is 5.91 Å². The summed E-state index contributed by atoms with van der Waals surface area (Å²) in [4.78, 5) is 12.6. The Morgan fingerprint density at radius 3 is 2.60 bits per heavy atom. The third-order valence-corrected chi connectivity index (χ3v) is 4.21. The van der Waals surface area contributed by atoms with Crippen LogP contribution in [-0.4, -0.2) is 20.1 Å². The maximum Gasteiger partial charge on any atom is 0.287 e. The van der Waals surface area contributed by atoms with Crippen molar-refractivity contribution in [3.05, 3.63) is 64.9 Å². The van der Waals surface area contributed by atoms with Gasteiger partial charge in [0.05, 0.1) is 13.7 Å². The molecule has 5 nitrogen and oxygen atoms in total. The zero-order chi connectivity index (χ0) is 17.8. The summed E-state index contributed by atoms with van der Waals surface area (Å²) >= 11 is 0. The van der Waals surface area contributed by atoms with Gasteiger partial charge in [-0.1, -0.05) is 24.3 Å². The summed E-state index contributed by atoms with van der Waals surface area (Å²) in [5, 5.41) is 3.80. The molecule has 0 atom stereocenters. The van der Waals surface area contributed by atoms with Crippen molar-refractivity contribution in [2.24, 2.45) is 0 Å². The number of hydrogen-bond acceptors (Lipinski definition) is 4. The van der Waals surface area contributed by atoms with E-state index in [4.69, 9.17) is 13.9 Å². The first kappa shape index (κ1) is 17.0. The molecular weight excluding hydrogens is 318 g/mol. The minimum absolute atomic E-state index is 0.236. The van der Waals surface area contributed by atoms with Gasteiger partial charge >= 0.3 is 0 Å². The Hall–Kier alpha value is -2.79. The Morgan fingerprint density at radius 2 is 1.88 bits per heavy atom. The van der Waals surface area contributed by atoms with Gasteiger partial charge in [0, 0.05) is 24.6 Å². The number of carbonyl (C=O) groups excluding carboxylic acids is 1. The highest BCUT2D eigenvalue weighted by Gasteiger charge is 2.18. The van der Waals surface area contributed by atoms with E-state index in [0.29, 0.717) is 24.5 Å². The van der Waals surface area contributed by atoms with Gasteiger partial charge in [-0.05, 0) is 36.2 Å². The Balaban J connectivity index is 1.80. The average Bonchev–Trinajstić information content (AvgIpc) is 2.97. The lowest BCUT2D eigenvalue weighted by molar-refractivity contribution is 0.0924. The lowest BCUT2D eigenvalue weighted by atomic mass is 10.1. The molecule has 3 rings (SSSR count). The molecule has 130 valence electrons. The standard InChI is InChI=1S/C20H21NO4/c1-13-17-10-16(24-3)8-9-18(17)25-19(13)20(22)21-11-14-6-4-5-7-15(14)12-23-2/h4-10H,11-12H2,1-3H3,(H,21,22). The van der Waals surface area contributed by atoms with Crippen LogP contribution in [0.25, 0.3) is 11.0 Å². The zero-order valence-corrected chi connectivity index (χ0v) is 14.6. The maximum absolute atomic E-state index is 12.6. The number of furan rings is 1. The van der Waals surface area contributed by atoms with Crippen molar-refractivity contribution in [1.29, 1.82) is 0 Å². The summed E-state index contributed by atoms with van der Waals surface area (Å²) in [5.74, 6) is 0.823. The van der Waals surface area contributed by atoms with E-state index < -0.39 is 0 Å². The molecule has 0 fully saturated rings. The predicted octanol–water partition coefficient (Wildman–Crippen LogP) is 3.83. The normalized spacial score (nSPS) is 10.8. The fourth-order valence-corrected chi connectivity index (χ4v) is 2.83. The van der Waals surface area contributed by atoms with E-state index in [2.05, 4.69) is 5.32 Å². The Labute approximate surface area is 146 Å². The number of methoxy groups -OCH3 is 2. The number of nitrogens with one attached hydrogen (secondary N) is 1. The second-order valence-electron chi connectivity index (χ2n) is 5.80. The van der Waals surface area contributed by atoms with Crippen LogP contribution in [0.15, 0.2) is 46.9 Å². The van der Waals surface area contributed by atoms with E-state index in [1.807, 2.05) is 49.4 Å². The van der Waals surface area contributed by atoms with Crippen molar-refractivity contribution in [2.75, 3.05) is 14.2 Å². The zero-order valence-electron chi connectivity index (χ0n) is 14.6. The quantitative estimate of drug-likeness (QED) is 0.741. The Bertz CT molecular complexity index is 898. The topological polar surface area (TPSA) is 60.7 Å². The first-order chi connectivity index (χ1) is 12.1. The van der Waals surface area contributed by atoms with Crippen LogP contribution < -0.4 is 10.1 Å². The Kier molecular flexibility index (Phi) is 5.05. The molecule has 3 aromatic rings. The smallest absolute Gasteiger partial charge is 0.287 e. The second-order valence-corrected chi connectivity index (χ2v) is 5.80. The number of hydrogen-bond donors (Lipinski definition) is 1. The number of fused-ring (bicyclic) bond motifs is 1. The van der Waals surface area contributed by atoms with Gasteiger partial charge in [0.2, 0.25) is 0 Å². The molecule has 2 aromatic carbocycles. The molecule has 0 unspecified atom stereocenters. The number of benzene rings is 2. The van der Waals surface area contributed by atoms with E-state index in [9.17, 15) is 4.79 Å². The highest BCUT2D eigenvalue weighted by Crippen LogP contribution is 2.28. The third kappa shape index (κ3) is 3.51. The fraction of sp³-hybridized carbons (Fsp3) is 0.250. The average molecular weight is 339 g/mol. The molecular formula is C20H21NO4. The van der Waals surface area contributed by atoms with E-state index in [0.717, 1.165) is 27.8 Å². The molecule has 0 aliphatic carbocycles. The van der Waals surface area contributed by atoms with Gasteiger partial charge in [0.25, 0.3) is 5.91 Å². The summed E-state index contributed by atoms with van der Waals surface area (Å²) in [6.07, 6.45) is 0. The van der Waals surface area contributed by atoms with Gasteiger partial charge in [0.15, 0.2) is 5.76 Å². The van der Waals surface area contributed by atoms with E-state index in [1.54, 1.807) is 14.2 Å². The van der Waals surface area contributed by atoms with E-state index >= 15 is 0 Å². The summed E-state index contributed by atoms with van der Waals surface area (Å²) in [5.41, 5.74) is 3.55. The van der Waals surface area contributed by atoms with Crippen LogP contribution in [0.2, 0.25) is 0 Å². The van der Waals surface area contributed by atoms with Crippen molar-refractivity contribution in [2.45, 2.75) is 20.1 Å². The van der Waals surface area contributed by atoms with Gasteiger partial charge in [-0.15, -0.1) is 0 Å². The van der Waals surface area contributed by atoms with Crippen molar-refractivity contribution in [1.82, 2.24) is 5.32 Å². The van der Waals surface area contributed by atoms with Crippen LogP contribution in [0.3, 0.4) is 0 Å². The van der Waals surface area contributed by atoms with Gasteiger partial charge in [0.1, 0.15) is 11.3 Å². The van der Waals surface area contributed by atoms with Crippen LogP contribution >= 0.6 is 0 Å². The molecule has 0 aliphatic rings. The molecule has 1 aromatic heterocycles. The molecule has 0 radical (unpaired) electrons. The second kappa shape index (κ2) is 7.40. The number of rotatable bonds is 6. The largest absolute Gasteiger partial charge is 0.497 e. The third-order valence-electron chi connectivity index (χ3n) is 4.21. The first-order valence-electron chi connectivity index (χ1n) is 8.05. The van der Waals surface area contributed by atoms with Gasteiger partial charge < -0.3 is 19.2 Å². The molecule has 1 heterocycles. The predicted molar refractivity (Wildman–Crippen MR) is 95.8 cm³/mol. The Morgan fingerprint density at radius 1 is 1.12 bits per heavy atom. The number of carbonyl (C=O) groups is 1. The maximum atomic E-state index is 12.6. The summed E-state index contributed by atoms with van der Waals surface area (Å²) in [6, 6.07) is 13.4. The lowest BCUT2D eigenvalue weighted by Crippen LogP contribution is -2.23. The molecule has 0 spiro atoms.